The van der Waals surface area contributed by atoms with Crippen LogP contribution >= 0.6 is 0 Å². The van der Waals surface area contributed by atoms with Crippen molar-refractivity contribution in [3.63, 3.8) is 0 Å². The highest BCUT2D eigenvalue weighted by Gasteiger charge is 2.30. The molecule has 0 bridgehead atoms. The maximum absolute atomic E-state index is 12.9. The van der Waals surface area contributed by atoms with E-state index in [9.17, 15) is 18.0 Å². The molecule has 2 amide bonds. The van der Waals surface area contributed by atoms with Gasteiger partial charge < -0.3 is 10.2 Å². The van der Waals surface area contributed by atoms with E-state index in [1.54, 1.807) is 24.0 Å². The van der Waals surface area contributed by atoms with Crippen molar-refractivity contribution >= 4 is 21.8 Å². The molecular weight excluding hydrogens is 356 g/mol. The number of likely N-dealkylation sites (N-methyl/N-ethyl adjacent to an activating group) is 1. The molecule has 0 saturated carbocycles. The summed E-state index contributed by atoms with van der Waals surface area (Å²) in [4.78, 5) is 25.2. The summed E-state index contributed by atoms with van der Waals surface area (Å²) in [5.41, 5.74) is 1.61. The van der Waals surface area contributed by atoms with E-state index >= 15 is 0 Å². The molecule has 2 N–H and O–H groups in total. The van der Waals surface area contributed by atoms with Gasteiger partial charge in [-0.25, -0.2) is 8.42 Å². The van der Waals surface area contributed by atoms with Gasteiger partial charge in [0.1, 0.15) is 0 Å². The van der Waals surface area contributed by atoms with Gasteiger partial charge in [0.25, 0.3) is 0 Å². The Morgan fingerprint density at radius 3 is 2.35 bits per heavy atom. The van der Waals surface area contributed by atoms with E-state index in [2.05, 4.69) is 10.6 Å². The van der Waals surface area contributed by atoms with Crippen LogP contribution in [-0.4, -0.2) is 75.8 Å². The van der Waals surface area contributed by atoms with Gasteiger partial charge in [0, 0.05) is 33.2 Å². The van der Waals surface area contributed by atoms with Crippen molar-refractivity contribution in [2.24, 2.45) is 0 Å². The van der Waals surface area contributed by atoms with Crippen molar-refractivity contribution in [3.05, 3.63) is 29.3 Å². The maximum Gasteiger partial charge on any atom is 0.243 e. The molecule has 1 heterocycles. The van der Waals surface area contributed by atoms with Crippen molar-refractivity contribution < 1.29 is 18.0 Å². The summed E-state index contributed by atoms with van der Waals surface area (Å²) < 4.78 is 27.2. The normalized spacial score (nSPS) is 15.7. The first-order chi connectivity index (χ1) is 12.3. The molecule has 1 aliphatic rings. The van der Waals surface area contributed by atoms with Gasteiger partial charge in [-0.15, -0.1) is 0 Å². The highest BCUT2D eigenvalue weighted by Crippen LogP contribution is 2.22. The van der Waals surface area contributed by atoms with E-state index in [1.165, 1.54) is 11.4 Å². The average molecular weight is 382 g/mol. The van der Waals surface area contributed by atoms with Crippen LogP contribution < -0.4 is 10.6 Å². The van der Waals surface area contributed by atoms with Crippen LogP contribution in [0.3, 0.4) is 0 Å². The molecule has 1 aliphatic heterocycles. The fraction of sp³-hybridized carbons (Fsp3) is 0.529. The Balaban J connectivity index is 1.94. The van der Waals surface area contributed by atoms with Crippen molar-refractivity contribution in [1.82, 2.24) is 19.8 Å². The number of rotatable bonds is 6. The lowest BCUT2D eigenvalue weighted by molar-refractivity contribution is -0.131. The third kappa shape index (κ3) is 4.80. The second-order valence-corrected chi connectivity index (χ2v) is 8.24. The number of carbonyl (C=O) groups is 2. The number of carbonyl (C=O) groups excluding carboxylic acids is 2. The Labute approximate surface area is 154 Å². The van der Waals surface area contributed by atoms with E-state index in [4.69, 9.17) is 0 Å². The summed E-state index contributed by atoms with van der Waals surface area (Å²) in [6, 6.07) is 5.38. The van der Waals surface area contributed by atoms with Crippen LogP contribution in [0.1, 0.15) is 11.1 Å². The summed E-state index contributed by atoms with van der Waals surface area (Å²) in [5.74, 6) is -0.333. The molecule has 144 valence electrons. The monoisotopic (exact) mass is 382 g/mol. The highest BCUT2D eigenvalue weighted by molar-refractivity contribution is 7.89. The number of benzene rings is 1. The molecule has 1 aromatic carbocycles. The molecule has 9 heteroatoms. The summed E-state index contributed by atoms with van der Waals surface area (Å²) >= 11 is 0. The number of amides is 2. The molecule has 0 unspecified atom stereocenters. The minimum atomic E-state index is -3.57. The van der Waals surface area contributed by atoms with Crippen molar-refractivity contribution in [2.75, 3.05) is 46.3 Å². The molecule has 1 saturated heterocycles. The second-order valence-electron chi connectivity index (χ2n) is 6.33. The van der Waals surface area contributed by atoms with Crippen LogP contribution in [0.4, 0.5) is 0 Å². The van der Waals surface area contributed by atoms with Crippen molar-refractivity contribution in [2.45, 2.75) is 18.7 Å². The van der Waals surface area contributed by atoms with Crippen LogP contribution in [0.25, 0.3) is 0 Å². The van der Waals surface area contributed by atoms with Gasteiger partial charge in [-0.1, -0.05) is 12.1 Å². The standard InChI is InChI=1S/C17H26N4O4S/c1-13-4-5-14(2)15(10-13)26(24,25)21-8-6-20(7-9-21)17(23)12-19-11-16(22)18-3/h4-5,10,19H,6-9,11-12H2,1-3H3,(H,18,22). The largest absolute Gasteiger partial charge is 0.358 e. The number of nitrogens with one attached hydrogen (secondary N) is 2. The number of hydrogen-bond acceptors (Lipinski definition) is 5. The lowest BCUT2D eigenvalue weighted by Gasteiger charge is -2.34. The zero-order valence-corrected chi connectivity index (χ0v) is 16.2. The first kappa shape index (κ1) is 20.3. The van der Waals surface area contributed by atoms with E-state index in [-0.39, 0.29) is 38.0 Å². The Morgan fingerprint density at radius 1 is 1.08 bits per heavy atom. The fourth-order valence-electron chi connectivity index (χ4n) is 2.79. The topological polar surface area (TPSA) is 98.8 Å². The third-order valence-corrected chi connectivity index (χ3v) is 6.43. The van der Waals surface area contributed by atoms with Gasteiger partial charge in [-0.05, 0) is 31.0 Å². The molecule has 0 aromatic heterocycles. The van der Waals surface area contributed by atoms with Crippen molar-refractivity contribution in [1.29, 1.82) is 0 Å². The van der Waals surface area contributed by atoms with E-state index < -0.39 is 10.0 Å². The maximum atomic E-state index is 12.9. The zero-order chi connectivity index (χ0) is 19.3. The van der Waals surface area contributed by atoms with E-state index in [1.807, 2.05) is 13.0 Å². The minimum Gasteiger partial charge on any atom is -0.358 e. The number of hydrogen-bond donors (Lipinski definition) is 2. The fourth-order valence-corrected chi connectivity index (χ4v) is 4.52. The predicted molar refractivity (Wildman–Crippen MR) is 98.2 cm³/mol. The summed E-state index contributed by atoms with van der Waals surface area (Å²) in [7, 11) is -2.04. The number of sulfonamides is 1. The minimum absolute atomic E-state index is 0.0527. The number of aryl methyl sites for hydroxylation is 2. The van der Waals surface area contributed by atoms with Gasteiger partial charge in [-0.3, -0.25) is 14.9 Å². The first-order valence-electron chi connectivity index (χ1n) is 8.52. The average Bonchev–Trinajstić information content (AvgIpc) is 2.63. The van der Waals surface area contributed by atoms with E-state index in [0.29, 0.717) is 23.5 Å². The molecular formula is C17H26N4O4S. The second kappa shape index (κ2) is 8.61. The van der Waals surface area contributed by atoms with Gasteiger partial charge >= 0.3 is 0 Å². The van der Waals surface area contributed by atoms with Crippen LogP contribution in [0.15, 0.2) is 23.1 Å². The Bertz CT molecular complexity index is 771. The highest BCUT2D eigenvalue weighted by atomic mass is 32.2. The Hall–Kier alpha value is -1.97. The molecule has 0 radical (unpaired) electrons. The predicted octanol–water partition coefficient (Wildman–Crippen LogP) is -0.528. The first-order valence-corrected chi connectivity index (χ1v) is 9.96. The van der Waals surface area contributed by atoms with Crippen LogP contribution in [0, 0.1) is 13.8 Å². The Kier molecular flexibility index (Phi) is 6.74. The van der Waals surface area contributed by atoms with Gasteiger partial charge in [0.05, 0.1) is 18.0 Å². The summed E-state index contributed by atoms with van der Waals surface area (Å²) in [6.07, 6.45) is 0. The molecule has 26 heavy (non-hydrogen) atoms. The molecule has 1 fully saturated rings. The van der Waals surface area contributed by atoms with Gasteiger partial charge in [0.15, 0.2) is 0 Å². The summed E-state index contributed by atoms with van der Waals surface area (Å²) in [5, 5.41) is 5.24. The lowest BCUT2D eigenvalue weighted by Crippen LogP contribution is -2.52. The van der Waals surface area contributed by atoms with Crippen LogP contribution in [0.5, 0.6) is 0 Å². The van der Waals surface area contributed by atoms with Gasteiger partial charge in [0.2, 0.25) is 21.8 Å². The lowest BCUT2D eigenvalue weighted by atomic mass is 10.2. The molecule has 1 aromatic rings. The molecule has 0 atom stereocenters. The smallest absolute Gasteiger partial charge is 0.243 e. The molecule has 0 spiro atoms. The van der Waals surface area contributed by atoms with Gasteiger partial charge in [-0.2, -0.15) is 4.31 Å². The molecule has 0 aliphatic carbocycles. The zero-order valence-electron chi connectivity index (χ0n) is 15.4. The van der Waals surface area contributed by atoms with Crippen LogP contribution in [0.2, 0.25) is 0 Å². The SMILES string of the molecule is CNC(=O)CNCC(=O)N1CCN(S(=O)(=O)c2cc(C)ccc2C)CC1. The van der Waals surface area contributed by atoms with Crippen LogP contribution in [-0.2, 0) is 19.6 Å². The van der Waals surface area contributed by atoms with E-state index in [0.717, 1.165) is 5.56 Å². The number of piperazine rings is 1. The molecule has 2 rings (SSSR count). The Morgan fingerprint density at radius 2 is 1.73 bits per heavy atom. The summed E-state index contributed by atoms with van der Waals surface area (Å²) in [6.45, 7) is 4.97. The third-order valence-electron chi connectivity index (χ3n) is 4.39. The molecule has 8 nitrogen and oxygen atoms in total. The number of nitrogens with zero attached hydrogens (tertiary/aromatic N) is 2. The quantitative estimate of drug-likeness (QED) is 0.689. The van der Waals surface area contributed by atoms with Crippen molar-refractivity contribution in [3.8, 4) is 0 Å².